The second-order valence-corrected chi connectivity index (χ2v) is 6.84. The van der Waals surface area contributed by atoms with Gasteiger partial charge in [-0.3, -0.25) is 0 Å². The summed E-state index contributed by atoms with van der Waals surface area (Å²) in [5.74, 6) is -0.852. The van der Waals surface area contributed by atoms with Crippen molar-refractivity contribution in [2.24, 2.45) is 0 Å². The molecule has 0 aliphatic heterocycles. The predicted octanol–water partition coefficient (Wildman–Crippen LogP) is 3.03. The third-order valence-corrected chi connectivity index (χ3v) is 5.39. The van der Waals surface area contributed by atoms with Crippen molar-refractivity contribution >= 4 is 23.4 Å². The van der Waals surface area contributed by atoms with Crippen molar-refractivity contribution in [1.29, 1.82) is 0 Å². The van der Waals surface area contributed by atoms with Crippen molar-refractivity contribution in [3.05, 3.63) is 23.8 Å². The number of carboxylic acid groups (broad SMARTS) is 1. The van der Waals surface area contributed by atoms with E-state index < -0.39 is 5.97 Å². The molecule has 0 unspecified atom stereocenters. The van der Waals surface area contributed by atoms with Gasteiger partial charge in [0.1, 0.15) is 0 Å². The van der Waals surface area contributed by atoms with E-state index in [2.05, 4.69) is 23.9 Å². The van der Waals surface area contributed by atoms with Crippen LogP contribution in [-0.2, 0) is 0 Å². The fraction of sp³-hybridized carbons (Fsp3) is 0.562. The van der Waals surface area contributed by atoms with Crippen LogP contribution in [0.3, 0.4) is 0 Å². The Labute approximate surface area is 131 Å². The summed E-state index contributed by atoms with van der Waals surface area (Å²) in [6, 6.07) is 5.72. The lowest BCUT2D eigenvalue weighted by atomic mass is 9.75. The number of likely N-dealkylation sites (N-methyl/N-ethyl adjacent to an activating group) is 2. The quantitative estimate of drug-likeness (QED) is 0.818. The maximum absolute atomic E-state index is 11.6. The number of hydrogen-bond acceptors (Lipinski definition) is 4. The zero-order valence-corrected chi connectivity index (χ0v) is 14.0. The van der Waals surface area contributed by atoms with Crippen molar-refractivity contribution in [2.45, 2.75) is 29.7 Å². The number of benzene rings is 1. The number of rotatable bonds is 6. The lowest BCUT2D eigenvalue weighted by molar-refractivity contribution is 0.0669. The molecule has 0 bridgehead atoms. The Morgan fingerprint density at radius 1 is 1.33 bits per heavy atom. The van der Waals surface area contributed by atoms with Crippen LogP contribution in [0, 0.1) is 0 Å². The average Bonchev–Trinajstić information content (AvgIpc) is 2.40. The average molecular weight is 308 g/mol. The van der Waals surface area contributed by atoms with Gasteiger partial charge < -0.3 is 14.9 Å². The van der Waals surface area contributed by atoms with E-state index in [4.69, 9.17) is 0 Å². The van der Waals surface area contributed by atoms with Crippen LogP contribution in [0.25, 0.3) is 0 Å². The van der Waals surface area contributed by atoms with Gasteiger partial charge in [-0.15, -0.1) is 11.8 Å². The van der Waals surface area contributed by atoms with Crippen molar-refractivity contribution in [3.63, 3.8) is 0 Å². The monoisotopic (exact) mass is 308 g/mol. The molecule has 1 saturated carbocycles. The smallest absolute Gasteiger partial charge is 0.338 e. The highest BCUT2D eigenvalue weighted by Gasteiger charge is 2.40. The second-order valence-electron chi connectivity index (χ2n) is 5.99. The molecule has 0 heterocycles. The van der Waals surface area contributed by atoms with E-state index in [9.17, 15) is 9.90 Å². The molecular formula is C16H24N2O2S. The first-order chi connectivity index (χ1) is 9.91. The number of nitrogens with zero attached hydrogens (tertiary/aromatic N) is 2. The van der Waals surface area contributed by atoms with Crippen LogP contribution in [0.1, 0.15) is 29.6 Å². The van der Waals surface area contributed by atoms with Gasteiger partial charge in [-0.25, -0.2) is 4.79 Å². The minimum absolute atomic E-state index is 0.180. The van der Waals surface area contributed by atoms with Crippen molar-refractivity contribution in [2.75, 3.05) is 38.8 Å². The molecule has 0 radical (unpaired) electrons. The third kappa shape index (κ3) is 3.04. The number of aromatic carboxylic acids is 1. The van der Waals surface area contributed by atoms with E-state index in [0.717, 1.165) is 17.1 Å². The molecule has 0 amide bonds. The van der Waals surface area contributed by atoms with Gasteiger partial charge >= 0.3 is 5.97 Å². The summed E-state index contributed by atoms with van der Waals surface area (Å²) < 4.78 is 0. The van der Waals surface area contributed by atoms with E-state index in [-0.39, 0.29) is 5.54 Å². The molecule has 0 saturated heterocycles. The van der Waals surface area contributed by atoms with E-state index >= 15 is 0 Å². The fourth-order valence-corrected chi connectivity index (χ4v) is 3.69. The van der Waals surface area contributed by atoms with E-state index in [1.54, 1.807) is 0 Å². The Kier molecular flexibility index (Phi) is 4.84. The summed E-state index contributed by atoms with van der Waals surface area (Å²) in [6.45, 7) is 0.859. The van der Waals surface area contributed by atoms with Crippen LogP contribution in [0.15, 0.2) is 23.1 Å². The van der Waals surface area contributed by atoms with Crippen LogP contribution in [0.2, 0.25) is 0 Å². The van der Waals surface area contributed by atoms with Crippen molar-refractivity contribution in [3.8, 4) is 0 Å². The zero-order valence-electron chi connectivity index (χ0n) is 13.2. The van der Waals surface area contributed by atoms with Gasteiger partial charge in [-0.2, -0.15) is 0 Å². The first-order valence-corrected chi connectivity index (χ1v) is 8.42. The second kappa shape index (κ2) is 6.28. The highest BCUT2D eigenvalue weighted by molar-refractivity contribution is 7.98. The summed E-state index contributed by atoms with van der Waals surface area (Å²) in [5, 5.41) is 9.55. The molecule has 1 aliphatic carbocycles. The zero-order chi connectivity index (χ0) is 15.6. The Bertz CT molecular complexity index is 527. The summed E-state index contributed by atoms with van der Waals surface area (Å²) in [7, 11) is 6.22. The van der Waals surface area contributed by atoms with E-state index in [1.165, 1.54) is 31.0 Å². The van der Waals surface area contributed by atoms with Crippen LogP contribution in [-0.4, -0.2) is 55.5 Å². The Morgan fingerprint density at radius 3 is 2.43 bits per heavy atom. The van der Waals surface area contributed by atoms with Gasteiger partial charge in [0.05, 0.1) is 11.3 Å². The lowest BCUT2D eigenvalue weighted by Gasteiger charge is -2.49. The number of anilines is 1. The number of hydrogen-bond donors (Lipinski definition) is 1. The highest BCUT2D eigenvalue weighted by Crippen LogP contribution is 2.38. The maximum atomic E-state index is 11.6. The van der Waals surface area contributed by atoms with Crippen molar-refractivity contribution in [1.82, 2.24) is 4.90 Å². The highest BCUT2D eigenvalue weighted by atomic mass is 32.2. The van der Waals surface area contributed by atoms with Gasteiger partial charge in [0.2, 0.25) is 0 Å². The van der Waals surface area contributed by atoms with Gasteiger partial charge in [0, 0.05) is 24.0 Å². The first-order valence-electron chi connectivity index (χ1n) is 7.20. The third-order valence-electron chi connectivity index (χ3n) is 4.61. The molecule has 0 atom stereocenters. The van der Waals surface area contributed by atoms with Crippen LogP contribution < -0.4 is 4.90 Å². The van der Waals surface area contributed by atoms with E-state index in [0.29, 0.717) is 5.56 Å². The summed E-state index contributed by atoms with van der Waals surface area (Å²) >= 11 is 1.48. The maximum Gasteiger partial charge on any atom is 0.338 e. The molecule has 0 aromatic heterocycles. The molecule has 1 aliphatic rings. The molecule has 116 valence electrons. The molecular weight excluding hydrogens is 284 g/mol. The minimum atomic E-state index is -0.852. The number of carboxylic acids is 1. The Hall–Kier alpha value is -1.20. The molecule has 2 rings (SSSR count). The lowest BCUT2D eigenvalue weighted by Crippen LogP contribution is -2.56. The molecule has 1 aromatic rings. The van der Waals surface area contributed by atoms with Gasteiger partial charge in [0.25, 0.3) is 0 Å². The normalized spacial score (nSPS) is 16.6. The van der Waals surface area contributed by atoms with Gasteiger partial charge in [-0.05, 0) is 51.7 Å². The molecule has 1 fully saturated rings. The molecule has 21 heavy (non-hydrogen) atoms. The SMILES string of the molecule is CSc1cccc(N(C)CC2(N(C)C)CCC2)c1C(=O)O. The largest absolute Gasteiger partial charge is 0.478 e. The Balaban J connectivity index is 2.31. The molecule has 1 N–H and O–H groups in total. The molecule has 1 aromatic carbocycles. The summed E-state index contributed by atoms with van der Waals surface area (Å²) in [5.41, 5.74) is 1.41. The number of thioether (sulfide) groups is 1. The summed E-state index contributed by atoms with van der Waals surface area (Å²) in [6.07, 6.45) is 5.52. The molecule has 0 spiro atoms. The van der Waals surface area contributed by atoms with Crippen LogP contribution >= 0.6 is 11.8 Å². The molecule has 5 heteroatoms. The topological polar surface area (TPSA) is 43.8 Å². The number of carbonyl (C=O) groups is 1. The first kappa shape index (κ1) is 16.2. The van der Waals surface area contributed by atoms with Gasteiger partial charge in [0.15, 0.2) is 0 Å². The standard InChI is InChI=1S/C16H24N2O2S/c1-17(2)16(9-6-10-16)11-18(3)12-7-5-8-13(21-4)14(12)15(19)20/h5,7-8H,6,9-11H2,1-4H3,(H,19,20). The van der Waals surface area contributed by atoms with E-state index in [1.807, 2.05) is 31.5 Å². The predicted molar refractivity (Wildman–Crippen MR) is 88.7 cm³/mol. The fourth-order valence-electron chi connectivity index (χ4n) is 3.08. The van der Waals surface area contributed by atoms with Crippen LogP contribution in [0.5, 0.6) is 0 Å². The Morgan fingerprint density at radius 2 is 2.00 bits per heavy atom. The van der Waals surface area contributed by atoms with Gasteiger partial charge in [-0.1, -0.05) is 6.07 Å². The molecule has 4 nitrogen and oxygen atoms in total. The van der Waals surface area contributed by atoms with Crippen LogP contribution in [0.4, 0.5) is 5.69 Å². The summed E-state index contributed by atoms with van der Waals surface area (Å²) in [4.78, 5) is 16.8. The minimum Gasteiger partial charge on any atom is -0.478 e. The van der Waals surface area contributed by atoms with Crippen molar-refractivity contribution < 1.29 is 9.90 Å².